The minimum Gasteiger partial charge on any atom is -0.377 e. The molecule has 0 aromatic heterocycles. The predicted octanol–water partition coefficient (Wildman–Crippen LogP) is 5.63. The third-order valence-electron chi connectivity index (χ3n) is 4.07. The highest BCUT2D eigenvalue weighted by molar-refractivity contribution is 6.60. The van der Waals surface area contributed by atoms with Gasteiger partial charge >= 0.3 is 50.5 Å². The summed E-state index contributed by atoms with van der Waals surface area (Å²) in [5.41, 5.74) is 0. The van der Waals surface area contributed by atoms with Gasteiger partial charge in [0.05, 0.1) is 0 Å². The van der Waals surface area contributed by atoms with Crippen molar-refractivity contribution in [2.24, 2.45) is 0 Å². The van der Waals surface area contributed by atoms with Gasteiger partial charge in [0.1, 0.15) is 0 Å². The Hall–Kier alpha value is -0.953. The van der Waals surface area contributed by atoms with Gasteiger partial charge in [-0.3, -0.25) is 0 Å². The van der Waals surface area contributed by atoms with E-state index in [2.05, 4.69) is 13.3 Å². The molecule has 3 nitrogen and oxygen atoms in total. The molecule has 0 atom stereocenters. The number of alkyl halides is 15. The van der Waals surface area contributed by atoms with Gasteiger partial charge in [-0.15, -0.1) is 0 Å². The van der Waals surface area contributed by atoms with E-state index in [1.165, 1.54) is 0 Å². The zero-order valence-corrected chi connectivity index (χ0v) is 16.3. The number of hydrogen-bond acceptors (Lipinski definition) is 3. The van der Waals surface area contributed by atoms with Crippen LogP contribution in [0.25, 0.3) is 0 Å². The highest BCUT2D eigenvalue weighted by Gasteiger charge is 2.93. The average molecular weight is 518 g/mol. The average Bonchev–Trinajstić information content (AvgIpc) is 2.61. The van der Waals surface area contributed by atoms with E-state index in [0.717, 1.165) is 21.3 Å². The molecular formula is C12H13F15O3Si. The zero-order chi connectivity index (χ0) is 25.5. The lowest BCUT2D eigenvalue weighted by Gasteiger charge is -2.41. The second-order valence-corrected chi connectivity index (χ2v) is 8.96. The second kappa shape index (κ2) is 8.43. The van der Waals surface area contributed by atoms with Crippen LogP contribution in [0.2, 0.25) is 6.04 Å². The topological polar surface area (TPSA) is 27.7 Å². The molecule has 0 rings (SSSR count). The van der Waals surface area contributed by atoms with Crippen molar-refractivity contribution in [2.75, 3.05) is 21.3 Å². The third-order valence-corrected chi connectivity index (χ3v) is 6.80. The largest absolute Gasteiger partial charge is 0.500 e. The fourth-order valence-electron chi connectivity index (χ4n) is 2.02. The van der Waals surface area contributed by atoms with Crippen molar-refractivity contribution in [3.8, 4) is 0 Å². The maximum atomic E-state index is 13.7. The molecule has 0 aliphatic heterocycles. The maximum absolute atomic E-state index is 13.7. The van der Waals surface area contributed by atoms with Gasteiger partial charge < -0.3 is 13.3 Å². The fraction of sp³-hybridized carbons (Fsp3) is 1.00. The molecule has 0 saturated heterocycles. The van der Waals surface area contributed by atoms with Gasteiger partial charge in [-0.1, -0.05) is 0 Å². The van der Waals surface area contributed by atoms with Crippen molar-refractivity contribution in [3.05, 3.63) is 0 Å². The van der Waals surface area contributed by atoms with E-state index in [4.69, 9.17) is 0 Å². The normalized spacial score (nSPS) is 16.1. The lowest BCUT2D eigenvalue weighted by atomic mass is 9.90. The predicted molar refractivity (Wildman–Crippen MR) is 71.9 cm³/mol. The van der Waals surface area contributed by atoms with Crippen LogP contribution < -0.4 is 0 Å². The van der Waals surface area contributed by atoms with Gasteiger partial charge in [0, 0.05) is 33.8 Å². The molecule has 188 valence electrons. The number of halogens is 15. The van der Waals surface area contributed by atoms with Crippen LogP contribution in [0.3, 0.4) is 0 Å². The van der Waals surface area contributed by atoms with E-state index in [0.29, 0.717) is 0 Å². The van der Waals surface area contributed by atoms with Crippen LogP contribution in [0.4, 0.5) is 65.9 Å². The Kier molecular flexibility index (Phi) is 8.18. The molecule has 0 N–H and O–H groups in total. The Bertz CT molecular complexity index is 607. The third kappa shape index (κ3) is 4.46. The van der Waals surface area contributed by atoms with Gasteiger partial charge in [0.2, 0.25) is 0 Å². The summed E-state index contributed by atoms with van der Waals surface area (Å²) in [6.45, 7) is 0. The molecule has 0 aromatic carbocycles. The molecule has 0 unspecified atom stereocenters. The van der Waals surface area contributed by atoms with Crippen molar-refractivity contribution in [2.45, 2.75) is 54.2 Å². The van der Waals surface area contributed by atoms with Crippen molar-refractivity contribution < 1.29 is 79.1 Å². The Morgan fingerprint density at radius 1 is 0.484 bits per heavy atom. The summed E-state index contributed by atoms with van der Waals surface area (Å²) < 4.78 is 209. The first-order valence-corrected chi connectivity index (χ1v) is 9.31. The van der Waals surface area contributed by atoms with Crippen LogP contribution in [0.1, 0.15) is 6.42 Å². The summed E-state index contributed by atoms with van der Waals surface area (Å²) >= 11 is 0. The molecule has 0 bridgehead atoms. The van der Waals surface area contributed by atoms with E-state index < -0.39 is 63.0 Å². The van der Waals surface area contributed by atoms with E-state index >= 15 is 0 Å². The molecule has 0 saturated carbocycles. The molecule has 0 fully saturated rings. The van der Waals surface area contributed by atoms with Gasteiger partial charge in [-0.2, -0.15) is 65.9 Å². The Morgan fingerprint density at radius 2 is 0.774 bits per heavy atom. The molecule has 0 radical (unpaired) electrons. The summed E-state index contributed by atoms with van der Waals surface area (Å²) in [5, 5.41) is 0. The highest BCUT2D eigenvalue weighted by Crippen LogP contribution is 2.62. The van der Waals surface area contributed by atoms with Gasteiger partial charge in [-0.05, 0) is 0 Å². The monoisotopic (exact) mass is 518 g/mol. The van der Waals surface area contributed by atoms with Crippen LogP contribution in [0.15, 0.2) is 0 Å². The van der Waals surface area contributed by atoms with Crippen molar-refractivity contribution >= 4 is 8.80 Å². The van der Waals surface area contributed by atoms with Crippen LogP contribution in [0.5, 0.6) is 0 Å². The first-order valence-electron chi connectivity index (χ1n) is 7.38. The molecule has 31 heavy (non-hydrogen) atoms. The highest BCUT2D eigenvalue weighted by atomic mass is 28.4. The van der Waals surface area contributed by atoms with Crippen LogP contribution in [-0.4, -0.2) is 71.8 Å². The van der Waals surface area contributed by atoms with Crippen LogP contribution >= 0.6 is 0 Å². The molecule has 0 aromatic rings. The molecule has 0 aliphatic rings. The van der Waals surface area contributed by atoms with Crippen molar-refractivity contribution in [1.29, 1.82) is 0 Å². The minimum absolute atomic E-state index is 0.720. The Balaban J connectivity index is 6.32. The molecular weight excluding hydrogens is 505 g/mol. The van der Waals surface area contributed by atoms with Gasteiger partial charge in [0.15, 0.2) is 0 Å². The number of rotatable bonds is 11. The Morgan fingerprint density at radius 3 is 1.06 bits per heavy atom. The van der Waals surface area contributed by atoms with E-state index in [1.807, 2.05) is 0 Å². The Labute approximate surface area is 164 Å². The van der Waals surface area contributed by atoms with E-state index in [9.17, 15) is 65.9 Å². The van der Waals surface area contributed by atoms with Crippen LogP contribution in [0, 0.1) is 0 Å². The van der Waals surface area contributed by atoms with Crippen molar-refractivity contribution in [3.63, 3.8) is 0 Å². The fourth-order valence-corrected chi connectivity index (χ4v) is 3.76. The standard InChI is InChI=1S/C12H13F15O3Si/c1-28-31(29-2,30-3)5-4-6(13,14)7(15,16)8(17,18)9(19,20)10(21,22)11(23,24)12(25,26)27/h4-5H2,1-3H3. The minimum atomic E-state index is -8.30. The first-order chi connectivity index (χ1) is 13.4. The van der Waals surface area contributed by atoms with Crippen LogP contribution in [-0.2, 0) is 13.3 Å². The summed E-state index contributed by atoms with van der Waals surface area (Å²) in [6.07, 6.45) is -10.2. The molecule has 0 spiro atoms. The maximum Gasteiger partial charge on any atom is 0.500 e. The van der Waals surface area contributed by atoms with E-state index in [1.54, 1.807) is 0 Å². The van der Waals surface area contributed by atoms with Gasteiger partial charge in [-0.25, -0.2) is 0 Å². The summed E-state index contributed by atoms with van der Waals surface area (Å²) in [5.74, 6) is -46.6. The smallest absolute Gasteiger partial charge is 0.377 e. The summed E-state index contributed by atoms with van der Waals surface area (Å²) in [7, 11) is -2.10. The lowest BCUT2D eigenvalue weighted by molar-refractivity contribution is -0.452. The SMILES string of the molecule is CO[Si](CCC(F)(F)C(F)(F)C(F)(F)C(F)(F)C(F)(F)C(F)(F)C(F)(F)F)(OC)OC. The first kappa shape index (κ1) is 30.0. The summed E-state index contributed by atoms with van der Waals surface area (Å²) in [4.78, 5) is 0. The lowest BCUT2D eigenvalue weighted by Crippen LogP contribution is -2.72. The molecule has 0 aliphatic carbocycles. The quantitative estimate of drug-likeness (QED) is 0.262. The summed E-state index contributed by atoms with van der Waals surface area (Å²) in [6, 6.07) is -1.50. The number of hydrogen-bond donors (Lipinski definition) is 0. The second-order valence-electron chi connectivity index (χ2n) is 5.87. The zero-order valence-electron chi connectivity index (χ0n) is 15.3. The molecule has 0 heterocycles. The molecule has 19 heteroatoms. The van der Waals surface area contributed by atoms with Gasteiger partial charge in [0.25, 0.3) is 0 Å². The molecule has 0 amide bonds. The van der Waals surface area contributed by atoms with Crippen molar-refractivity contribution in [1.82, 2.24) is 0 Å². The van der Waals surface area contributed by atoms with E-state index in [-0.39, 0.29) is 0 Å².